The van der Waals surface area contributed by atoms with E-state index in [-0.39, 0.29) is 5.97 Å². The van der Waals surface area contributed by atoms with E-state index >= 15 is 0 Å². The SMILES string of the molecule is COC(=O)c1cnc(NCC2CCCC(C)C2)s1. The lowest BCUT2D eigenvalue weighted by atomic mass is 9.82. The molecular weight excluding hydrogens is 248 g/mol. The number of hydrogen-bond acceptors (Lipinski definition) is 5. The summed E-state index contributed by atoms with van der Waals surface area (Å²) in [5.41, 5.74) is 0. The number of carbonyl (C=O) groups excluding carboxylic acids is 1. The van der Waals surface area contributed by atoms with Crippen molar-refractivity contribution in [2.45, 2.75) is 32.6 Å². The molecule has 100 valence electrons. The lowest BCUT2D eigenvalue weighted by molar-refractivity contribution is 0.0606. The molecule has 1 aliphatic carbocycles. The van der Waals surface area contributed by atoms with Gasteiger partial charge in [0.2, 0.25) is 0 Å². The zero-order chi connectivity index (χ0) is 13.0. The highest BCUT2D eigenvalue weighted by Crippen LogP contribution is 2.29. The Labute approximate surface area is 112 Å². The van der Waals surface area contributed by atoms with Crippen LogP contribution in [0.5, 0.6) is 0 Å². The highest BCUT2D eigenvalue weighted by Gasteiger charge is 2.19. The van der Waals surface area contributed by atoms with Gasteiger partial charge in [0.15, 0.2) is 5.13 Å². The second-order valence-electron chi connectivity index (χ2n) is 5.04. The fourth-order valence-corrected chi connectivity index (χ4v) is 3.27. The molecular formula is C13H20N2O2S. The van der Waals surface area contributed by atoms with Crippen LogP contribution in [0.1, 0.15) is 42.3 Å². The molecule has 1 saturated carbocycles. The first-order valence-corrected chi connectivity index (χ1v) is 7.28. The van der Waals surface area contributed by atoms with Crippen LogP contribution in [0.3, 0.4) is 0 Å². The largest absolute Gasteiger partial charge is 0.465 e. The zero-order valence-electron chi connectivity index (χ0n) is 10.9. The van der Waals surface area contributed by atoms with Gasteiger partial charge in [-0.1, -0.05) is 31.1 Å². The van der Waals surface area contributed by atoms with Gasteiger partial charge in [-0.2, -0.15) is 0 Å². The Kier molecular flexibility index (Phi) is 4.58. The van der Waals surface area contributed by atoms with E-state index in [2.05, 4.69) is 22.0 Å². The molecule has 0 amide bonds. The van der Waals surface area contributed by atoms with Crippen LogP contribution in [0.15, 0.2) is 6.20 Å². The molecule has 1 fully saturated rings. The molecule has 4 nitrogen and oxygen atoms in total. The fourth-order valence-electron chi connectivity index (χ4n) is 2.53. The van der Waals surface area contributed by atoms with Crippen LogP contribution in [0.2, 0.25) is 0 Å². The second-order valence-corrected chi connectivity index (χ2v) is 6.07. The second kappa shape index (κ2) is 6.18. The minimum Gasteiger partial charge on any atom is -0.465 e. The van der Waals surface area contributed by atoms with Gasteiger partial charge in [0, 0.05) is 6.54 Å². The third kappa shape index (κ3) is 3.45. The van der Waals surface area contributed by atoms with Crippen molar-refractivity contribution in [2.75, 3.05) is 19.0 Å². The molecule has 2 atom stereocenters. The van der Waals surface area contributed by atoms with Crippen LogP contribution in [0.25, 0.3) is 0 Å². The van der Waals surface area contributed by atoms with E-state index in [4.69, 9.17) is 0 Å². The molecule has 18 heavy (non-hydrogen) atoms. The maximum Gasteiger partial charge on any atom is 0.349 e. The Balaban J connectivity index is 1.82. The van der Waals surface area contributed by atoms with Crippen LogP contribution < -0.4 is 5.32 Å². The number of anilines is 1. The van der Waals surface area contributed by atoms with E-state index in [9.17, 15) is 4.79 Å². The summed E-state index contributed by atoms with van der Waals surface area (Å²) in [5.74, 6) is 1.26. The maximum atomic E-state index is 11.3. The molecule has 2 unspecified atom stereocenters. The molecule has 0 aliphatic heterocycles. The third-order valence-electron chi connectivity index (χ3n) is 3.48. The monoisotopic (exact) mass is 268 g/mol. The average molecular weight is 268 g/mol. The number of nitrogens with zero attached hydrogens (tertiary/aromatic N) is 1. The number of esters is 1. The smallest absolute Gasteiger partial charge is 0.349 e. The van der Waals surface area contributed by atoms with Gasteiger partial charge in [0.25, 0.3) is 0 Å². The Morgan fingerprint density at radius 2 is 2.44 bits per heavy atom. The molecule has 1 heterocycles. The molecule has 0 aromatic carbocycles. The van der Waals surface area contributed by atoms with Gasteiger partial charge >= 0.3 is 5.97 Å². The Hall–Kier alpha value is -1.10. The van der Waals surface area contributed by atoms with Gasteiger partial charge in [0.05, 0.1) is 13.3 Å². The molecule has 1 aromatic heterocycles. The van der Waals surface area contributed by atoms with E-state index in [0.717, 1.165) is 23.5 Å². The number of rotatable bonds is 4. The minimum atomic E-state index is -0.313. The molecule has 0 radical (unpaired) electrons. The van der Waals surface area contributed by atoms with Gasteiger partial charge in [-0.3, -0.25) is 0 Å². The molecule has 0 bridgehead atoms. The molecule has 0 saturated heterocycles. The minimum absolute atomic E-state index is 0.313. The fraction of sp³-hybridized carbons (Fsp3) is 0.692. The summed E-state index contributed by atoms with van der Waals surface area (Å²) in [6.45, 7) is 3.28. The summed E-state index contributed by atoms with van der Waals surface area (Å²) < 4.78 is 4.66. The summed E-state index contributed by atoms with van der Waals surface area (Å²) in [7, 11) is 1.39. The van der Waals surface area contributed by atoms with Crippen LogP contribution in [0, 0.1) is 11.8 Å². The highest BCUT2D eigenvalue weighted by molar-refractivity contribution is 7.17. The lowest BCUT2D eigenvalue weighted by Crippen LogP contribution is -2.20. The maximum absolute atomic E-state index is 11.3. The van der Waals surface area contributed by atoms with E-state index in [1.165, 1.54) is 44.1 Å². The molecule has 2 rings (SSSR count). The number of aromatic nitrogens is 1. The standard InChI is InChI=1S/C13H20N2O2S/c1-9-4-3-5-10(6-9)7-14-13-15-8-11(18-13)12(16)17-2/h8-10H,3-7H2,1-2H3,(H,14,15). The number of thiazole rings is 1. The normalized spacial score (nSPS) is 23.7. The van der Waals surface area contributed by atoms with Crippen molar-refractivity contribution in [1.82, 2.24) is 4.98 Å². The van der Waals surface area contributed by atoms with Gasteiger partial charge in [-0.25, -0.2) is 9.78 Å². The predicted molar refractivity (Wildman–Crippen MR) is 73.1 cm³/mol. The Bertz CT molecular complexity index is 405. The summed E-state index contributed by atoms with van der Waals surface area (Å²) in [6.07, 6.45) is 6.86. The predicted octanol–water partition coefficient (Wildman–Crippen LogP) is 3.17. The summed E-state index contributed by atoms with van der Waals surface area (Å²) in [4.78, 5) is 16.0. The highest BCUT2D eigenvalue weighted by atomic mass is 32.1. The number of hydrogen-bond donors (Lipinski definition) is 1. The van der Waals surface area contributed by atoms with Crippen molar-refractivity contribution < 1.29 is 9.53 Å². The van der Waals surface area contributed by atoms with Gasteiger partial charge < -0.3 is 10.1 Å². The Morgan fingerprint density at radius 1 is 1.61 bits per heavy atom. The molecule has 5 heteroatoms. The molecule has 1 N–H and O–H groups in total. The topological polar surface area (TPSA) is 51.2 Å². The lowest BCUT2D eigenvalue weighted by Gasteiger charge is -2.26. The van der Waals surface area contributed by atoms with Gasteiger partial charge in [-0.05, 0) is 24.7 Å². The summed E-state index contributed by atoms with van der Waals surface area (Å²) in [6, 6.07) is 0. The van der Waals surface area contributed by atoms with Crippen LogP contribution in [-0.4, -0.2) is 24.6 Å². The molecule has 1 aromatic rings. The molecule has 0 spiro atoms. The van der Waals surface area contributed by atoms with Crippen LogP contribution in [0.4, 0.5) is 5.13 Å². The summed E-state index contributed by atoms with van der Waals surface area (Å²) >= 11 is 1.36. The van der Waals surface area contributed by atoms with E-state index in [1.807, 2.05) is 0 Å². The zero-order valence-corrected chi connectivity index (χ0v) is 11.8. The van der Waals surface area contributed by atoms with Crippen molar-refractivity contribution in [1.29, 1.82) is 0 Å². The van der Waals surface area contributed by atoms with Crippen LogP contribution >= 0.6 is 11.3 Å². The first kappa shape index (κ1) is 13.3. The number of ether oxygens (including phenoxy) is 1. The van der Waals surface area contributed by atoms with Crippen molar-refractivity contribution in [3.8, 4) is 0 Å². The number of nitrogens with one attached hydrogen (secondary N) is 1. The van der Waals surface area contributed by atoms with Crippen molar-refractivity contribution in [3.05, 3.63) is 11.1 Å². The number of carbonyl (C=O) groups is 1. The third-order valence-corrected chi connectivity index (χ3v) is 4.41. The first-order valence-electron chi connectivity index (χ1n) is 6.47. The van der Waals surface area contributed by atoms with Crippen molar-refractivity contribution in [3.63, 3.8) is 0 Å². The van der Waals surface area contributed by atoms with E-state index in [1.54, 1.807) is 6.20 Å². The first-order chi connectivity index (χ1) is 8.69. The Morgan fingerprint density at radius 3 is 3.17 bits per heavy atom. The average Bonchev–Trinajstić information content (AvgIpc) is 2.84. The quantitative estimate of drug-likeness (QED) is 0.852. The van der Waals surface area contributed by atoms with Gasteiger partial charge in [-0.15, -0.1) is 0 Å². The van der Waals surface area contributed by atoms with E-state index in [0.29, 0.717) is 4.88 Å². The summed E-state index contributed by atoms with van der Waals surface area (Å²) in [5, 5.41) is 4.15. The van der Waals surface area contributed by atoms with Gasteiger partial charge in [0.1, 0.15) is 4.88 Å². The number of methoxy groups -OCH3 is 1. The van der Waals surface area contributed by atoms with E-state index < -0.39 is 0 Å². The molecule has 1 aliphatic rings. The van der Waals surface area contributed by atoms with Crippen molar-refractivity contribution in [2.24, 2.45) is 11.8 Å². The van der Waals surface area contributed by atoms with Crippen LogP contribution in [-0.2, 0) is 4.74 Å². The van der Waals surface area contributed by atoms with Crippen molar-refractivity contribution >= 4 is 22.4 Å².